The highest BCUT2D eigenvalue weighted by Gasteiger charge is 2.27. The van der Waals surface area contributed by atoms with Crippen molar-refractivity contribution in [2.75, 3.05) is 45.1 Å². The first-order chi connectivity index (χ1) is 16.9. The van der Waals surface area contributed by atoms with Crippen molar-refractivity contribution in [2.24, 2.45) is 0 Å². The van der Waals surface area contributed by atoms with Crippen molar-refractivity contribution < 1.29 is 14.1 Å². The molecule has 0 aliphatic carbocycles. The lowest BCUT2D eigenvalue weighted by Crippen LogP contribution is -2.49. The molecule has 0 radical (unpaired) electrons. The zero-order valence-corrected chi connectivity index (χ0v) is 20.9. The van der Waals surface area contributed by atoms with Gasteiger partial charge in [0.05, 0.1) is 12.2 Å². The molecule has 186 valence electrons. The highest BCUT2D eigenvalue weighted by molar-refractivity contribution is 5.88. The molecule has 2 N–H and O–H groups in total. The van der Waals surface area contributed by atoms with Crippen LogP contribution in [0.15, 0.2) is 40.9 Å². The highest BCUT2D eigenvalue weighted by Crippen LogP contribution is 2.26. The van der Waals surface area contributed by atoms with Gasteiger partial charge < -0.3 is 20.1 Å². The van der Waals surface area contributed by atoms with Crippen LogP contribution in [0.4, 0.5) is 5.69 Å². The summed E-state index contributed by atoms with van der Waals surface area (Å²) in [7, 11) is 1.78. The van der Waals surface area contributed by atoms with Gasteiger partial charge in [-0.15, -0.1) is 0 Å². The van der Waals surface area contributed by atoms with E-state index in [2.05, 4.69) is 27.9 Å². The first kappa shape index (κ1) is 24.7. The third-order valence-corrected chi connectivity index (χ3v) is 6.52. The number of fused-ring (bicyclic) bond motifs is 2. The van der Waals surface area contributed by atoms with Crippen molar-refractivity contribution in [3.8, 4) is 0 Å². The van der Waals surface area contributed by atoms with Crippen LogP contribution in [0, 0.1) is 13.8 Å². The van der Waals surface area contributed by atoms with Gasteiger partial charge in [-0.1, -0.05) is 36.3 Å². The molecule has 0 spiro atoms. The molecule has 3 aromatic rings. The average molecular weight is 479 g/mol. The monoisotopic (exact) mass is 478 g/mol. The molecule has 2 heterocycles. The van der Waals surface area contributed by atoms with E-state index in [1.165, 1.54) is 11.1 Å². The number of nitrogens with zero attached hydrogens (tertiary/aromatic N) is 4. The summed E-state index contributed by atoms with van der Waals surface area (Å²) in [6.07, 6.45) is 0. The zero-order chi connectivity index (χ0) is 24.9. The molecule has 0 unspecified atom stereocenters. The predicted octanol–water partition coefficient (Wildman–Crippen LogP) is 2.68. The van der Waals surface area contributed by atoms with Gasteiger partial charge in [-0.3, -0.25) is 14.6 Å². The molecule has 0 atom stereocenters. The first-order valence-corrected chi connectivity index (χ1v) is 12.0. The van der Waals surface area contributed by atoms with Crippen molar-refractivity contribution in [3.05, 3.63) is 58.8 Å². The second-order valence-corrected chi connectivity index (χ2v) is 8.96. The van der Waals surface area contributed by atoms with Gasteiger partial charge in [-0.25, -0.2) is 5.01 Å². The summed E-state index contributed by atoms with van der Waals surface area (Å²) in [5.41, 5.74) is 5.80. The number of carbonyl (C=O) groups is 2. The van der Waals surface area contributed by atoms with Gasteiger partial charge in [-0.05, 0) is 49.2 Å². The number of benzene rings is 2. The number of carbonyl (C=O) groups excluding carboxylic acids is 2. The van der Waals surface area contributed by atoms with Gasteiger partial charge in [0.2, 0.25) is 5.91 Å². The Labute approximate surface area is 206 Å². The number of rotatable bonds is 10. The van der Waals surface area contributed by atoms with Crippen LogP contribution in [-0.2, 0) is 22.7 Å². The molecule has 0 saturated heterocycles. The minimum atomic E-state index is -0.129. The van der Waals surface area contributed by atoms with Gasteiger partial charge in [0.1, 0.15) is 6.54 Å². The molecule has 1 aromatic heterocycles. The Morgan fingerprint density at radius 1 is 1.11 bits per heavy atom. The number of hydrazine groups is 1. The van der Waals surface area contributed by atoms with Crippen LogP contribution in [-0.4, -0.2) is 71.7 Å². The van der Waals surface area contributed by atoms with Crippen LogP contribution < -0.4 is 10.6 Å². The summed E-state index contributed by atoms with van der Waals surface area (Å²) in [5.74, 6) is -0.240. The topological polar surface area (TPSA) is 94.0 Å². The molecule has 4 rings (SSSR count). The largest absolute Gasteiger partial charge is 0.376 e. The number of hydrogen-bond donors (Lipinski definition) is 2. The van der Waals surface area contributed by atoms with Crippen molar-refractivity contribution in [3.63, 3.8) is 0 Å². The minimum Gasteiger partial charge on any atom is -0.376 e. The summed E-state index contributed by atoms with van der Waals surface area (Å²) in [6.45, 7) is 9.24. The maximum atomic E-state index is 13.2. The van der Waals surface area contributed by atoms with E-state index in [0.717, 1.165) is 34.5 Å². The Hall–Kier alpha value is -3.43. The van der Waals surface area contributed by atoms with E-state index in [-0.39, 0.29) is 24.9 Å². The zero-order valence-electron chi connectivity index (χ0n) is 20.9. The van der Waals surface area contributed by atoms with Crippen LogP contribution in [0.1, 0.15) is 29.3 Å². The van der Waals surface area contributed by atoms with Crippen LogP contribution >= 0.6 is 0 Å². The number of hydrogen-bond acceptors (Lipinski definition) is 7. The molecule has 9 heteroatoms. The van der Waals surface area contributed by atoms with E-state index in [1.807, 2.05) is 50.0 Å². The lowest BCUT2D eigenvalue weighted by atomic mass is 10.1. The number of amides is 2. The van der Waals surface area contributed by atoms with Crippen molar-refractivity contribution in [1.29, 1.82) is 0 Å². The summed E-state index contributed by atoms with van der Waals surface area (Å²) >= 11 is 0. The van der Waals surface area contributed by atoms with Crippen molar-refractivity contribution >= 4 is 28.5 Å². The standard InChI is InChI=1S/C26H34N6O3/c1-5-27-10-11-31(17-26(34)30(4)32-15-20-8-6-7-9-21(20)16-32)25(33)14-28-23-13-22-19(3)29-35-24(22)12-18(23)2/h6-9,12-13,27-28H,5,10-11,14-17H2,1-4H3. The third kappa shape index (κ3) is 5.63. The average Bonchev–Trinajstić information content (AvgIpc) is 3.44. The SMILES string of the molecule is CCNCCN(CC(=O)N(C)N1Cc2ccccc2C1)C(=O)CNc1cc2c(C)noc2cc1C. The lowest BCUT2D eigenvalue weighted by molar-refractivity contribution is -0.151. The van der Waals surface area contributed by atoms with E-state index < -0.39 is 0 Å². The summed E-state index contributed by atoms with van der Waals surface area (Å²) in [6, 6.07) is 12.1. The van der Waals surface area contributed by atoms with Gasteiger partial charge in [-0.2, -0.15) is 0 Å². The molecule has 9 nitrogen and oxygen atoms in total. The Morgan fingerprint density at radius 3 is 2.51 bits per heavy atom. The number of aromatic nitrogens is 1. The molecule has 0 fully saturated rings. The van der Waals surface area contributed by atoms with Gasteiger partial charge in [0.25, 0.3) is 5.91 Å². The van der Waals surface area contributed by atoms with Gasteiger partial charge in [0, 0.05) is 44.3 Å². The fraction of sp³-hybridized carbons (Fsp3) is 0.423. The predicted molar refractivity (Wildman–Crippen MR) is 136 cm³/mol. The molecule has 2 aromatic carbocycles. The van der Waals surface area contributed by atoms with E-state index in [0.29, 0.717) is 26.2 Å². The first-order valence-electron chi connectivity index (χ1n) is 12.0. The fourth-order valence-electron chi connectivity index (χ4n) is 4.31. The Bertz CT molecular complexity index is 1180. The Balaban J connectivity index is 1.39. The van der Waals surface area contributed by atoms with Crippen LogP contribution in [0.5, 0.6) is 0 Å². The fourth-order valence-corrected chi connectivity index (χ4v) is 4.31. The molecule has 0 bridgehead atoms. The second-order valence-electron chi connectivity index (χ2n) is 8.96. The number of likely N-dealkylation sites (N-methyl/N-ethyl adjacent to an activating group) is 2. The van der Waals surface area contributed by atoms with Gasteiger partial charge >= 0.3 is 0 Å². The Morgan fingerprint density at radius 2 is 1.83 bits per heavy atom. The number of nitrogens with one attached hydrogen (secondary N) is 2. The van der Waals surface area contributed by atoms with Crippen molar-refractivity contribution in [1.82, 2.24) is 25.4 Å². The number of aryl methyl sites for hydroxylation is 2. The van der Waals surface area contributed by atoms with E-state index >= 15 is 0 Å². The van der Waals surface area contributed by atoms with E-state index in [1.54, 1.807) is 17.0 Å². The van der Waals surface area contributed by atoms with E-state index in [4.69, 9.17) is 4.52 Å². The van der Waals surface area contributed by atoms with Crippen LogP contribution in [0.25, 0.3) is 11.0 Å². The molecular weight excluding hydrogens is 444 g/mol. The molecule has 1 aliphatic heterocycles. The van der Waals surface area contributed by atoms with Crippen molar-refractivity contribution in [2.45, 2.75) is 33.9 Å². The highest BCUT2D eigenvalue weighted by atomic mass is 16.5. The van der Waals surface area contributed by atoms with Gasteiger partial charge in [0.15, 0.2) is 5.58 Å². The normalized spacial score (nSPS) is 13.1. The van der Waals surface area contributed by atoms with Crippen LogP contribution in [0.2, 0.25) is 0 Å². The molecule has 2 amide bonds. The summed E-state index contributed by atoms with van der Waals surface area (Å²) in [4.78, 5) is 27.9. The molecule has 0 saturated carbocycles. The molecule has 35 heavy (non-hydrogen) atoms. The second kappa shape index (κ2) is 10.9. The Kier molecular flexibility index (Phi) is 7.67. The summed E-state index contributed by atoms with van der Waals surface area (Å²) in [5, 5.41) is 15.1. The molecule has 1 aliphatic rings. The lowest BCUT2D eigenvalue weighted by Gasteiger charge is -2.31. The number of anilines is 1. The van der Waals surface area contributed by atoms with Crippen LogP contribution in [0.3, 0.4) is 0 Å². The summed E-state index contributed by atoms with van der Waals surface area (Å²) < 4.78 is 5.33. The quantitative estimate of drug-likeness (QED) is 0.433. The molecular formula is C26H34N6O3. The maximum Gasteiger partial charge on any atom is 0.256 e. The third-order valence-electron chi connectivity index (χ3n) is 6.52. The maximum absolute atomic E-state index is 13.2. The van der Waals surface area contributed by atoms with E-state index in [9.17, 15) is 9.59 Å². The smallest absolute Gasteiger partial charge is 0.256 e. The minimum absolute atomic E-state index is 0.0258.